The van der Waals surface area contributed by atoms with Crippen LogP contribution in [-0.4, -0.2) is 48.6 Å². The van der Waals surface area contributed by atoms with Gasteiger partial charge < -0.3 is 15.1 Å². The molecule has 24 heavy (non-hydrogen) atoms. The van der Waals surface area contributed by atoms with Crippen LogP contribution >= 0.6 is 24.0 Å². The zero-order valence-corrected chi connectivity index (χ0v) is 18.5. The van der Waals surface area contributed by atoms with Crippen molar-refractivity contribution in [1.29, 1.82) is 0 Å². The first kappa shape index (κ1) is 23.2. The molecule has 1 rings (SSSR count). The van der Waals surface area contributed by atoms with Crippen molar-refractivity contribution in [1.82, 2.24) is 20.5 Å². The summed E-state index contributed by atoms with van der Waals surface area (Å²) in [5.74, 6) is 2.33. The Morgan fingerprint density at radius 1 is 1.29 bits per heavy atom. The summed E-state index contributed by atoms with van der Waals surface area (Å²) in [6.07, 6.45) is 1.80. The minimum Gasteiger partial charge on any atom is -0.443 e. The van der Waals surface area contributed by atoms with Crippen LogP contribution in [0.2, 0.25) is 0 Å². The number of oxazole rings is 1. The van der Waals surface area contributed by atoms with Crippen LogP contribution in [0.1, 0.15) is 53.2 Å². The fourth-order valence-electron chi connectivity index (χ4n) is 2.34. The summed E-state index contributed by atoms with van der Waals surface area (Å²) in [5.41, 5.74) is -0.0234. The van der Waals surface area contributed by atoms with Crippen LogP contribution in [0.25, 0.3) is 0 Å². The van der Waals surface area contributed by atoms with Crippen molar-refractivity contribution in [3.05, 3.63) is 17.8 Å². The van der Waals surface area contributed by atoms with E-state index in [1.807, 2.05) is 0 Å². The highest BCUT2D eigenvalue weighted by molar-refractivity contribution is 14.0. The molecule has 0 aromatic carbocycles. The number of hydrogen-bond acceptors (Lipinski definition) is 4. The van der Waals surface area contributed by atoms with Gasteiger partial charge >= 0.3 is 0 Å². The largest absolute Gasteiger partial charge is 0.443 e. The van der Waals surface area contributed by atoms with Crippen LogP contribution in [0.3, 0.4) is 0 Å². The van der Waals surface area contributed by atoms with E-state index < -0.39 is 0 Å². The fourth-order valence-corrected chi connectivity index (χ4v) is 2.34. The number of halogens is 1. The van der Waals surface area contributed by atoms with E-state index in [4.69, 9.17) is 4.42 Å². The van der Waals surface area contributed by atoms with Gasteiger partial charge in [-0.15, -0.1) is 24.0 Å². The number of nitrogens with zero attached hydrogens (tertiary/aromatic N) is 3. The van der Waals surface area contributed by atoms with Crippen LogP contribution in [0.15, 0.2) is 15.6 Å². The Morgan fingerprint density at radius 3 is 2.38 bits per heavy atom. The number of hydrogen-bond donors (Lipinski definition) is 2. The highest BCUT2D eigenvalue weighted by Crippen LogP contribution is 2.22. The predicted octanol–water partition coefficient (Wildman–Crippen LogP) is 2.99. The lowest BCUT2D eigenvalue weighted by atomic mass is 9.94. The fraction of sp³-hybridized carbons (Fsp3) is 0.765. The third-order valence-corrected chi connectivity index (χ3v) is 3.92. The molecule has 0 saturated heterocycles. The lowest BCUT2D eigenvalue weighted by molar-refractivity contribution is 0.231. The lowest BCUT2D eigenvalue weighted by Gasteiger charge is -2.27. The summed E-state index contributed by atoms with van der Waals surface area (Å²) in [7, 11) is 1.77. The van der Waals surface area contributed by atoms with Gasteiger partial charge in [-0.05, 0) is 20.0 Å². The van der Waals surface area contributed by atoms with Crippen molar-refractivity contribution in [3.8, 4) is 0 Å². The molecule has 1 aromatic rings. The minimum atomic E-state index is -0.0234. The molecule has 0 bridgehead atoms. The standard InChI is InChI=1S/C17H33N5O.HI/c1-8-22(9-2)13(3)10-20-16(18-7)21-12-15-19-11-14(23-15)17(4,5)6;/h11,13H,8-10,12H2,1-7H3,(H2,18,20,21);1H. The average Bonchev–Trinajstić information content (AvgIpc) is 2.97. The van der Waals surface area contributed by atoms with Crippen LogP contribution < -0.4 is 10.6 Å². The maximum Gasteiger partial charge on any atom is 0.213 e. The van der Waals surface area contributed by atoms with Crippen molar-refractivity contribution in [3.63, 3.8) is 0 Å². The topological polar surface area (TPSA) is 65.7 Å². The van der Waals surface area contributed by atoms with Crippen molar-refractivity contribution in [2.24, 2.45) is 4.99 Å². The molecule has 0 aliphatic carbocycles. The Bertz CT molecular complexity index is 491. The molecule has 1 unspecified atom stereocenters. The van der Waals surface area contributed by atoms with Gasteiger partial charge in [-0.2, -0.15) is 0 Å². The van der Waals surface area contributed by atoms with Gasteiger partial charge in [0.25, 0.3) is 0 Å². The summed E-state index contributed by atoms with van der Waals surface area (Å²) in [6.45, 7) is 16.4. The number of likely N-dealkylation sites (N-methyl/N-ethyl adjacent to an activating group) is 1. The van der Waals surface area contributed by atoms with Gasteiger partial charge in [0.15, 0.2) is 5.96 Å². The Labute approximate surface area is 163 Å². The summed E-state index contributed by atoms with van der Waals surface area (Å²) in [4.78, 5) is 11.0. The van der Waals surface area contributed by atoms with E-state index in [1.54, 1.807) is 13.2 Å². The normalized spacial score (nSPS) is 13.6. The van der Waals surface area contributed by atoms with Crippen LogP contribution in [-0.2, 0) is 12.0 Å². The van der Waals surface area contributed by atoms with E-state index in [0.29, 0.717) is 18.5 Å². The number of aliphatic imine (C=N–C) groups is 1. The Balaban J connectivity index is 0.00000529. The molecule has 1 aromatic heterocycles. The molecule has 0 aliphatic rings. The van der Waals surface area contributed by atoms with Gasteiger partial charge in [0.2, 0.25) is 5.89 Å². The summed E-state index contributed by atoms with van der Waals surface area (Å²) >= 11 is 0. The lowest BCUT2D eigenvalue weighted by Crippen LogP contribution is -2.45. The SMILES string of the molecule is CCN(CC)C(C)CNC(=NC)NCc1ncc(C(C)(C)C)o1.I. The van der Waals surface area contributed by atoms with Gasteiger partial charge in [0.1, 0.15) is 5.76 Å². The molecule has 0 amide bonds. The number of nitrogens with one attached hydrogen (secondary N) is 2. The predicted molar refractivity (Wildman–Crippen MR) is 111 cm³/mol. The van der Waals surface area contributed by atoms with Crippen LogP contribution in [0.4, 0.5) is 0 Å². The van der Waals surface area contributed by atoms with Crippen molar-refractivity contribution >= 4 is 29.9 Å². The summed E-state index contributed by atoms with van der Waals surface area (Å²) in [5, 5.41) is 6.60. The maximum atomic E-state index is 5.78. The second-order valence-electron chi connectivity index (χ2n) is 6.75. The molecule has 0 radical (unpaired) electrons. The third kappa shape index (κ3) is 7.38. The Hall–Kier alpha value is -0.830. The van der Waals surface area contributed by atoms with Gasteiger partial charge in [-0.25, -0.2) is 4.98 Å². The quantitative estimate of drug-likeness (QED) is 0.379. The first-order valence-corrected chi connectivity index (χ1v) is 8.45. The van der Waals surface area contributed by atoms with Crippen molar-refractivity contribution < 1.29 is 4.42 Å². The molecule has 0 fully saturated rings. The second-order valence-corrected chi connectivity index (χ2v) is 6.75. The molecule has 0 saturated carbocycles. The summed E-state index contributed by atoms with van der Waals surface area (Å²) < 4.78 is 5.78. The zero-order valence-electron chi connectivity index (χ0n) is 16.1. The molecule has 2 N–H and O–H groups in total. The highest BCUT2D eigenvalue weighted by Gasteiger charge is 2.19. The summed E-state index contributed by atoms with van der Waals surface area (Å²) in [6, 6.07) is 0.456. The minimum absolute atomic E-state index is 0. The molecular weight excluding hydrogens is 417 g/mol. The van der Waals surface area contributed by atoms with Crippen LogP contribution in [0.5, 0.6) is 0 Å². The van der Waals surface area contributed by atoms with E-state index >= 15 is 0 Å². The third-order valence-electron chi connectivity index (χ3n) is 3.92. The van der Waals surface area contributed by atoms with Gasteiger partial charge in [0.05, 0.1) is 12.7 Å². The molecule has 6 nitrogen and oxygen atoms in total. The molecule has 0 spiro atoms. The maximum absolute atomic E-state index is 5.78. The highest BCUT2D eigenvalue weighted by atomic mass is 127. The number of rotatable bonds is 7. The Morgan fingerprint density at radius 2 is 1.92 bits per heavy atom. The van der Waals surface area contributed by atoms with Gasteiger partial charge in [-0.3, -0.25) is 9.89 Å². The van der Waals surface area contributed by atoms with E-state index in [-0.39, 0.29) is 29.4 Å². The molecule has 1 heterocycles. The average molecular weight is 451 g/mol. The first-order chi connectivity index (χ1) is 10.8. The van der Waals surface area contributed by atoms with Gasteiger partial charge in [-0.1, -0.05) is 34.6 Å². The first-order valence-electron chi connectivity index (χ1n) is 8.45. The molecule has 140 valence electrons. The molecule has 7 heteroatoms. The van der Waals surface area contributed by atoms with E-state index in [9.17, 15) is 0 Å². The van der Waals surface area contributed by atoms with E-state index in [0.717, 1.165) is 31.4 Å². The van der Waals surface area contributed by atoms with Crippen molar-refractivity contribution in [2.75, 3.05) is 26.7 Å². The Kier molecular flexibility index (Phi) is 10.5. The van der Waals surface area contributed by atoms with Crippen molar-refractivity contribution in [2.45, 2.75) is 59.5 Å². The molecular formula is C17H34IN5O. The van der Waals surface area contributed by atoms with Crippen LogP contribution in [0, 0.1) is 0 Å². The van der Waals surface area contributed by atoms with E-state index in [1.165, 1.54) is 0 Å². The molecule has 0 aliphatic heterocycles. The molecule has 1 atom stereocenters. The smallest absolute Gasteiger partial charge is 0.213 e. The van der Waals surface area contributed by atoms with Gasteiger partial charge in [0, 0.05) is 25.0 Å². The zero-order chi connectivity index (χ0) is 17.5. The number of guanidine groups is 1. The monoisotopic (exact) mass is 451 g/mol. The second kappa shape index (κ2) is 10.9. The number of aromatic nitrogens is 1. The van der Waals surface area contributed by atoms with E-state index in [2.05, 4.69) is 67.1 Å².